The van der Waals surface area contributed by atoms with E-state index in [1.54, 1.807) is 0 Å². The minimum absolute atomic E-state index is 1.31. The molecule has 0 amide bonds. The maximum absolute atomic E-state index is 2.25. The van der Waals surface area contributed by atoms with Crippen molar-refractivity contribution in [1.29, 1.82) is 0 Å². The van der Waals surface area contributed by atoms with Gasteiger partial charge in [0, 0.05) is 0 Å². The largest absolute Gasteiger partial charge is 0.0622 e. The molecule has 102 valence electrons. The van der Waals surface area contributed by atoms with Crippen molar-refractivity contribution >= 4 is 10.8 Å². The zero-order valence-corrected chi connectivity index (χ0v) is 12.1. The fraction of sp³-hybridized carbons (Fsp3) is 0. The van der Waals surface area contributed by atoms with Crippen LogP contribution in [0.15, 0.2) is 84.9 Å². The van der Waals surface area contributed by atoms with E-state index < -0.39 is 0 Å². The van der Waals surface area contributed by atoms with Crippen molar-refractivity contribution in [2.75, 3.05) is 0 Å². The molecule has 2 aliphatic rings. The lowest BCUT2D eigenvalue weighted by Crippen LogP contribution is -1.76. The monoisotopic (exact) mass is 278 g/mol. The first-order chi connectivity index (χ1) is 10.9. The Morgan fingerprint density at radius 1 is 0.318 bits per heavy atom. The Labute approximate surface area is 129 Å². The van der Waals surface area contributed by atoms with Crippen LogP contribution in [0.1, 0.15) is 0 Å². The third kappa shape index (κ3) is 1.52. The van der Waals surface area contributed by atoms with Gasteiger partial charge < -0.3 is 0 Å². The van der Waals surface area contributed by atoms with E-state index in [0.717, 1.165) is 0 Å². The highest BCUT2D eigenvalue weighted by Crippen LogP contribution is 2.61. The topological polar surface area (TPSA) is 0 Å². The molecule has 0 saturated heterocycles. The molecule has 22 heavy (non-hydrogen) atoms. The number of benzene rings is 4. The molecular formula is C22H14. The second-order valence-corrected chi connectivity index (χ2v) is 5.78. The van der Waals surface area contributed by atoms with Gasteiger partial charge in [0.15, 0.2) is 0 Å². The molecule has 0 N–H and O–H groups in total. The van der Waals surface area contributed by atoms with Crippen LogP contribution in [0.3, 0.4) is 0 Å². The van der Waals surface area contributed by atoms with Gasteiger partial charge in [0.2, 0.25) is 0 Å². The van der Waals surface area contributed by atoms with Crippen molar-refractivity contribution in [2.24, 2.45) is 0 Å². The van der Waals surface area contributed by atoms with Gasteiger partial charge in [-0.05, 0) is 44.2 Å². The van der Waals surface area contributed by atoms with Crippen LogP contribution in [0, 0.1) is 0 Å². The van der Waals surface area contributed by atoms with Gasteiger partial charge >= 0.3 is 0 Å². The van der Waals surface area contributed by atoms with Gasteiger partial charge in [-0.3, -0.25) is 0 Å². The van der Waals surface area contributed by atoms with E-state index in [4.69, 9.17) is 0 Å². The summed E-state index contributed by atoms with van der Waals surface area (Å²) in [5.74, 6) is 0. The average Bonchev–Trinajstić information content (AvgIpc) is 3.23. The van der Waals surface area contributed by atoms with E-state index in [1.165, 1.54) is 44.2 Å². The molecule has 0 radical (unpaired) electrons. The highest BCUT2D eigenvalue weighted by molar-refractivity contribution is 6.30. The van der Waals surface area contributed by atoms with E-state index in [2.05, 4.69) is 84.9 Å². The molecular weight excluding hydrogens is 264 g/mol. The lowest BCUT2D eigenvalue weighted by Gasteiger charge is -2.02. The van der Waals surface area contributed by atoms with E-state index in [-0.39, 0.29) is 0 Å². The Kier molecular flexibility index (Phi) is 2.31. The van der Waals surface area contributed by atoms with Gasteiger partial charge in [-0.1, -0.05) is 84.9 Å². The summed E-state index contributed by atoms with van der Waals surface area (Å²) in [4.78, 5) is 0. The van der Waals surface area contributed by atoms with Crippen LogP contribution in [-0.4, -0.2) is 0 Å². The number of hydrogen-bond donors (Lipinski definition) is 0. The molecule has 5 rings (SSSR count). The Bertz CT molecular complexity index is 996. The Hall–Kier alpha value is -2.86. The van der Waals surface area contributed by atoms with Crippen LogP contribution >= 0.6 is 0 Å². The lowest BCUT2D eigenvalue weighted by atomic mass is 10.0. The van der Waals surface area contributed by atoms with Crippen LogP contribution < -0.4 is 0 Å². The smallest absolute Gasteiger partial charge is 0.000138 e. The Morgan fingerprint density at radius 3 is 1.36 bits per heavy atom. The first-order valence-electron chi connectivity index (χ1n) is 7.65. The average molecular weight is 278 g/mol. The summed E-state index contributed by atoms with van der Waals surface area (Å²) in [6.45, 7) is 0. The number of rotatable bonds is 2. The van der Waals surface area contributed by atoms with Crippen LogP contribution in [-0.2, 0) is 0 Å². The minimum atomic E-state index is 1.31. The summed E-state index contributed by atoms with van der Waals surface area (Å²) in [6, 6.07) is 30.2. The summed E-state index contributed by atoms with van der Waals surface area (Å²) in [7, 11) is 0. The summed E-state index contributed by atoms with van der Waals surface area (Å²) < 4.78 is 0. The highest BCUT2D eigenvalue weighted by Gasteiger charge is 2.34. The van der Waals surface area contributed by atoms with Crippen molar-refractivity contribution < 1.29 is 0 Å². The number of hydrogen-bond acceptors (Lipinski definition) is 0. The highest BCUT2D eigenvalue weighted by atomic mass is 14.4. The quantitative estimate of drug-likeness (QED) is 0.363. The van der Waals surface area contributed by atoms with Gasteiger partial charge in [-0.2, -0.15) is 0 Å². The molecule has 0 unspecified atom stereocenters. The Morgan fingerprint density at radius 2 is 0.773 bits per heavy atom. The molecule has 2 aliphatic carbocycles. The molecule has 0 bridgehead atoms. The van der Waals surface area contributed by atoms with Gasteiger partial charge in [-0.25, -0.2) is 0 Å². The van der Waals surface area contributed by atoms with Crippen molar-refractivity contribution in [2.45, 2.75) is 0 Å². The maximum Gasteiger partial charge on any atom is -0.000138 e. The van der Waals surface area contributed by atoms with Gasteiger partial charge in [-0.15, -0.1) is 0 Å². The third-order valence-electron chi connectivity index (χ3n) is 4.53. The second kappa shape index (κ2) is 4.32. The standard InChI is InChI=1S/C22H14/c1-3-9-15(10-4-1)19-17-13-7-8-14-18(17)21-20(22(19)21)16-11-5-2-6-12-16/h1-14H. The summed E-state index contributed by atoms with van der Waals surface area (Å²) >= 11 is 0. The van der Waals surface area contributed by atoms with E-state index in [9.17, 15) is 0 Å². The van der Waals surface area contributed by atoms with E-state index in [0.29, 0.717) is 0 Å². The SMILES string of the molecule is c1ccc(-c2c3c(-c4ccccc4)c4ccccc4c2-3)cc1. The van der Waals surface area contributed by atoms with Crippen LogP contribution in [0.2, 0.25) is 0 Å². The van der Waals surface area contributed by atoms with Gasteiger partial charge in [0.05, 0.1) is 0 Å². The fourth-order valence-corrected chi connectivity index (χ4v) is 3.56. The van der Waals surface area contributed by atoms with Gasteiger partial charge in [0.1, 0.15) is 0 Å². The third-order valence-corrected chi connectivity index (χ3v) is 4.53. The van der Waals surface area contributed by atoms with Crippen LogP contribution in [0.5, 0.6) is 0 Å². The molecule has 0 nitrogen and oxygen atoms in total. The maximum atomic E-state index is 2.25. The molecule has 0 atom stereocenters. The predicted molar refractivity (Wildman–Crippen MR) is 93.8 cm³/mol. The predicted octanol–water partition coefficient (Wildman–Crippen LogP) is 6.15. The normalized spacial score (nSPS) is 11.6. The van der Waals surface area contributed by atoms with Crippen LogP contribution in [0.25, 0.3) is 44.2 Å². The van der Waals surface area contributed by atoms with Crippen molar-refractivity contribution in [3.05, 3.63) is 84.9 Å². The van der Waals surface area contributed by atoms with Crippen molar-refractivity contribution in [3.63, 3.8) is 0 Å². The van der Waals surface area contributed by atoms with E-state index in [1.807, 2.05) is 0 Å². The molecule has 3 aromatic carbocycles. The molecule has 0 spiro atoms. The second-order valence-electron chi connectivity index (χ2n) is 5.78. The molecule has 0 heteroatoms. The summed E-state index contributed by atoms with van der Waals surface area (Å²) in [5, 5.41) is 2.76. The van der Waals surface area contributed by atoms with Crippen molar-refractivity contribution in [3.8, 4) is 33.4 Å². The zero-order chi connectivity index (χ0) is 14.5. The summed E-state index contributed by atoms with van der Waals surface area (Å²) in [6.07, 6.45) is 0. The molecule has 0 aliphatic heterocycles. The molecule has 3 aromatic rings. The Balaban J connectivity index is 1.85. The molecule has 0 aromatic heterocycles. The molecule has 0 fully saturated rings. The first-order valence-corrected chi connectivity index (χ1v) is 7.65. The lowest BCUT2D eigenvalue weighted by molar-refractivity contribution is 1.68. The number of fused-ring (bicyclic) bond motifs is 3. The van der Waals surface area contributed by atoms with Crippen LogP contribution in [0.4, 0.5) is 0 Å². The molecule has 0 saturated carbocycles. The zero-order valence-electron chi connectivity index (χ0n) is 12.1. The van der Waals surface area contributed by atoms with E-state index >= 15 is 0 Å². The van der Waals surface area contributed by atoms with Crippen molar-refractivity contribution in [1.82, 2.24) is 0 Å². The fourth-order valence-electron chi connectivity index (χ4n) is 3.56. The minimum Gasteiger partial charge on any atom is -0.0622 e. The summed E-state index contributed by atoms with van der Waals surface area (Å²) in [5.41, 5.74) is 8.35. The van der Waals surface area contributed by atoms with Gasteiger partial charge in [0.25, 0.3) is 0 Å². The first kappa shape index (κ1) is 11.8. The molecule has 0 heterocycles.